The van der Waals surface area contributed by atoms with Gasteiger partial charge in [0.2, 0.25) is 0 Å². The quantitative estimate of drug-likeness (QED) is 0.849. The highest BCUT2D eigenvalue weighted by atomic mass is 79.9. The fraction of sp³-hybridized carbons (Fsp3) is 0.444. The molecule has 1 unspecified atom stereocenters. The van der Waals surface area contributed by atoms with Crippen LogP contribution in [-0.4, -0.2) is 17.3 Å². The lowest BCUT2D eigenvalue weighted by Gasteiger charge is -2.04. The van der Waals surface area contributed by atoms with Crippen LogP contribution in [0.15, 0.2) is 12.1 Å². The molecule has 78 valence electrons. The lowest BCUT2D eigenvalue weighted by Crippen LogP contribution is -2.24. The maximum Gasteiger partial charge on any atom is 0.261 e. The summed E-state index contributed by atoms with van der Waals surface area (Å²) >= 11 is 10.4. The van der Waals surface area contributed by atoms with Gasteiger partial charge in [-0.25, -0.2) is 0 Å². The van der Waals surface area contributed by atoms with Crippen LogP contribution >= 0.6 is 38.9 Å². The molecule has 1 aromatic rings. The van der Waals surface area contributed by atoms with Gasteiger partial charge in [-0.15, -0.1) is 11.3 Å². The first-order valence-corrected chi connectivity index (χ1v) is 6.38. The Morgan fingerprint density at radius 3 is 2.93 bits per heavy atom. The van der Waals surface area contributed by atoms with Gasteiger partial charge in [0, 0.05) is 11.4 Å². The number of amides is 1. The second kappa shape index (κ2) is 5.73. The summed E-state index contributed by atoms with van der Waals surface area (Å²) < 4.78 is 0.643. The Kier molecular flexibility index (Phi) is 4.92. The van der Waals surface area contributed by atoms with Gasteiger partial charge in [0.25, 0.3) is 5.91 Å². The molecule has 0 fully saturated rings. The van der Waals surface area contributed by atoms with E-state index in [0.29, 0.717) is 20.6 Å². The van der Waals surface area contributed by atoms with Gasteiger partial charge in [-0.05, 0) is 18.6 Å². The Bertz CT molecular complexity index is 314. The first kappa shape index (κ1) is 12.0. The van der Waals surface area contributed by atoms with Crippen LogP contribution < -0.4 is 5.32 Å². The number of carbonyl (C=O) groups excluding carboxylic acids is 1. The van der Waals surface area contributed by atoms with Gasteiger partial charge < -0.3 is 5.32 Å². The number of nitrogens with one attached hydrogen (secondary N) is 1. The summed E-state index contributed by atoms with van der Waals surface area (Å²) in [5, 5.41) is 2.83. The van der Waals surface area contributed by atoms with Gasteiger partial charge in [0.05, 0.1) is 9.21 Å². The summed E-state index contributed by atoms with van der Waals surface area (Å²) in [5.41, 5.74) is 0. The highest BCUT2D eigenvalue weighted by Gasteiger charge is 2.07. The van der Waals surface area contributed by atoms with E-state index < -0.39 is 0 Å². The van der Waals surface area contributed by atoms with E-state index in [2.05, 4.69) is 21.2 Å². The fourth-order valence-electron chi connectivity index (χ4n) is 0.908. The van der Waals surface area contributed by atoms with Crippen LogP contribution in [0.4, 0.5) is 0 Å². The third-order valence-corrected chi connectivity index (χ3v) is 3.31. The molecule has 1 N–H and O–H groups in total. The molecule has 0 bridgehead atoms. The van der Waals surface area contributed by atoms with Crippen LogP contribution in [0.2, 0.25) is 4.34 Å². The van der Waals surface area contributed by atoms with Crippen LogP contribution in [0.3, 0.4) is 0 Å². The Balaban J connectivity index is 2.36. The van der Waals surface area contributed by atoms with E-state index in [-0.39, 0.29) is 5.91 Å². The van der Waals surface area contributed by atoms with Crippen LogP contribution in [0.1, 0.15) is 23.0 Å². The number of thiophene rings is 1. The standard InChI is InChI=1S/C9H11BrClNOS/c1-6(10)4-5-12-9(13)7-2-3-8(11)14-7/h2-3,6H,4-5H2,1H3,(H,12,13). The fourth-order valence-corrected chi connectivity index (χ4v) is 2.10. The number of halogens is 2. The number of carbonyl (C=O) groups is 1. The van der Waals surface area contributed by atoms with Crippen molar-refractivity contribution in [2.24, 2.45) is 0 Å². The summed E-state index contributed by atoms with van der Waals surface area (Å²) in [4.78, 5) is 12.6. The predicted octanol–water partition coefficient (Wildman–Crippen LogP) is 3.30. The van der Waals surface area contributed by atoms with E-state index in [1.807, 2.05) is 6.92 Å². The molecule has 2 nitrogen and oxygen atoms in total. The molecule has 1 rings (SSSR count). The van der Waals surface area contributed by atoms with Crippen LogP contribution in [-0.2, 0) is 0 Å². The largest absolute Gasteiger partial charge is 0.351 e. The number of hydrogen-bond acceptors (Lipinski definition) is 2. The molecule has 0 aromatic carbocycles. The molecule has 0 saturated heterocycles. The first-order valence-electron chi connectivity index (χ1n) is 4.27. The summed E-state index contributed by atoms with van der Waals surface area (Å²) in [6.45, 7) is 2.73. The lowest BCUT2D eigenvalue weighted by atomic mass is 10.3. The Labute approximate surface area is 101 Å². The van der Waals surface area contributed by atoms with E-state index >= 15 is 0 Å². The Morgan fingerprint density at radius 1 is 1.71 bits per heavy atom. The Morgan fingerprint density at radius 2 is 2.43 bits per heavy atom. The zero-order valence-corrected chi connectivity index (χ0v) is 10.9. The molecule has 5 heteroatoms. The van der Waals surface area contributed by atoms with Crippen molar-refractivity contribution in [1.82, 2.24) is 5.32 Å². The molecule has 0 saturated carbocycles. The Hall–Kier alpha value is -0.0600. The van der Waals surface area contributed by atoms with Crippen molar-refractivity contribution in [2.75, 3.05) is 6.54 Å². The van der Waals surface area contributed by atoms with Gasteiger partial charge >= 0.3 is 0 Å². The molecule has 1 aromatic heterocycles. The predicted molar refractivity (Wildman–Crippen MR) is 64.7 cm³/mol. The van der Waals surface area contributed by atoms with E-state index in [0.717, 1.165) is 6.42 Å². The van der Waals surface area contributed by atoms with Crippen molar-refractivity contribution >= 4 is 44.8 Å². The average molecular weight is 297 g/mol. The van der Waals surface area contributed by atoms with Gasteiger partial charge in [-0.3, -0.25) is 4.79 Å². The second-order valence-corrected chi connectivity index (χ2v) is 6.21. The molecule has 0 aliphatic carbocycles. The highest BCUT2D eigenvalue weighted by molar-refractivity contribution is 9.09. The molecule has 0 aliphatic heterocycles. The molecular formula is C9H11BrClNOS. The van der Waals surface area contributed by atoms with E-state index in [9.17, 15) is 4.79 Å². The topological polar surface area (TPSA) is 29.1 Å². The van der Waals surface area contributed by atoms with Gasteiger partial charge in [0.1, 0.15) is 0 Å². The van der Waals surface area contributed by atoms with Crippen molar-refractivity contribution in [3.8, 4) is 0 Å². The molecule has 1 amide bonds. The molecule has 1 atom stereocenters. The molecule has 0 aliphatic rings. The zero-order chi connectivity index (χ0) is 10.6. The maximum absolute atomic E-state index is 11.5. The smallest absolute Gasteiger partial charge is 0.261 e. The summed E-state index contributed by atoms with van der Waals surface area (Å²) in [6.07, 6.45) is 0.921. The second-order valence-electron chi connectivity index (χ2n) is 2.93. The lowest BCUT2D eigenvalue weighted by molar-refractivity contribution is 0.0957. The molecule has 0 radical (unpaired) electrons. The monoisotopic (exact) mass is 295 g/mol. The summed E-state index contributed by atoms with van der Waals surface area (Å²) in [5.74, 6) is -0.0462. The normalized spacial score (nSPS) is 12.5. The van der Waals surface area contributed by atoms with E-state index in [1.165, 1.54) is 11.3 Å². The van der Waals surface area contributed by atoms with Crippen molar-refractivity contribution in [1.29, 1.82) is 0 Å². The summed E-state index contributed by atoms with van der Waals surface area (Å²) in [7, 11) is 0. The average Bonchev–Trinajstić information content (AvgIpc) is 2.51. The molecular weight excluding hydrogens is 286 g/mol. The maximum atomic E-state index is 11.5. The van der Waals surface area contributed by atoms with Crippen molar-refractivity contribution in [3.05, 3.63) is 21.3 Å². The van der Waals surface area contributed by atoms with Crippen molar-refractivity contribution in [2.45, 2.75) is 18.2 Å². The van der Waals surface area contributed by atoms with Crippen molar-refractivity contribution in [3.63, 3.8) is 0 Å². The minimum atomic E-state index is -0.0462. The van der Waals surface area contributed by atoms with E-state index in [1.54, 1.807) is 12.1 Å². The third-order valence-electron chi connectivity index (χ3n) is 1.62. The zero-order valence-electron chi connectivity index (χ0n) is 7.72. The van der Waals surface area contributed by atoms with Crippen LogP contribution in [0.25, 0.3) is 0 Å². The van der Waals surface area contributed by atoms with E-state index in [4.69, 9.17) is 11.6 Å². The SMILES string of the molecule is CC(Br)CCNC(=O)c1ccc(Cl)s1. The first-order chi connectivity index (χ1) is 6.59. The number of rotatable bonds is 4. The minimum absolute atomic E-state index is 0.0462. The third kappa shape index (κ3) is 3.98. The van der Waals surface area contributed by atoms with Gasteiger partial charge in [0.15, 0.2) is 0 Å². The minimum Gasteiger partial charge on any atom is -0.351 e. The molecule has 1 heterocycles. The molecule has 14 heavy (non-hydrogen) atoms. The van der Waals surface area contributed by atoms with Crippen LogP contribution in [0.5, 0.6) is 0 Å². The van der Waals surface area contributed by atoms with Gasteiger partial charge in [-0.1, -0.05) is 34.5 Å². The number of alkyl halides is 1. The van der Waals surface area contributed by atoms with Gasteiger partial charge in [-0.2, -0.15) is 0 Å². The van der Waals surface area contributed by atoms with Crippen molar-refractivity contribution < 1.29 is 4.79 Å². The molecule has 0 spiro atoms. The highest BCUT2D eigenvalue weighted by Crippen LogP contribution is 2.21. The summed E-state index contributed by atoms with van der Waals surface area (Å²) in [6, 6.07) is 3.47. The van der Waals surface area contributed by atoms with Crippen LogP contribution in [0, 0.1) is 0 Å². The number of hydrogen-bond donors (Lipinski definition) is 1.